The predicted octanol–water partition coefficient (Wildman–Crippen LogP) is 6.40. The molecule has 0 aliphatic carbocycles. The van der Waals surface area contributed by atoms with Crippen molar-refractivity contribution >= 4 is 67.0 Å². The summed E-state index contributed by atoms with van der Waals surface area (Å²) in [6, 6.07) is 17.1. The number of nitrogens with one attached hydrogen (secondary N) is 2. The third kappa shape index (κ3) is 5.95. The molecule has 4 aromatic rings. The Hall–Kier alpha value is -3.63. The average Bonchev–Trinajstić information content (AvgIpc) is 2.84. The number of methoxy groups -OCH3 is 1. The maximum atomic E-state index is 12.4. The molecule has 2 N–H and O–H groups in total. The Bertz CT molecular complexity index is 1510. The summed E-state index contributed by atoms with van der Waals surface area (Å²) in [6.07, 6.45) is 2.39. The number of nitrogens with zero attached hydrogens (tertiary/aromatic N) is 2. The first-order chi connectivity index (χ1) is 16.8. The molecule has 4 rings (SSSR count). The van der Waals surface area contributed by atoms with E-state index in [1.54, 1.807) is 24.3 Å². The molecule has 36 heavy (non-hydrogen) atoms. The van der Waals surface area contributed by atoms with E-state index in [0.29, 0.717) is 45.7 Å². The Morgan fingerprint density at radius 2 is 1.75 bits per heavy atom. The zero-order valence-electron chi connectivity index (χ0n) is 19.9. The minimum atomic E-state index is -3.46. The molecule has 0 unspecified atom stereocenters. The Labute approximate surface area is 215 Å². The van der Waals surface area contributed by atoms with Crippen molar-refractivity contribution in [1.29, 1.82) is 0 Å². The van der Waals surface area contributed by atoms with Crippen LogP contribution in [0.5, 0.6) is 5.75 Å². The lowest BCUT2D eigenvalue weighted by Crippen LogP contribution is -2.16. The van der Waals surface area contributed by atoms with E-state index in [0.717, 1.165) is 18.2 Å². The molecule has 1 aromatic heterocycles. The number of hydrogen-bond donors (Lipinski definition) is 2. The van der Waals surface area contributed by atoms with Crippen LogP contribution in [0.2, 0.25) is 0 Å². The number of nitro groups is 1. The van der Waals surface area contributed by atoms with Gasteiger partial charge in [-0.05, 0) is 30.7 Å². The van der Waals surface area contributed by atoms with Crippen molar-refractivity contribution < 1.29 is 18.1 Å². The number of aromatic nitrogens is 1. The standard InChI is InChI=1S/C25H26N4O5S.ClH/c1-3-4-7-14-35(32,33)28-17-10-13-22(24(15-17)34-2)27-25-19-8-5-6-9-21(19)26-23-16-18(29(30)31)11-12-20(23)25;/h5-6,8-13,15-16,28H,3-4,7,14H2,1-2H3,(H,26,27);1H. The van der Waals surface area contributed by atoms with Gasteiger partial charge in [0.1, 0.15) is 5.75 Å². The second kappa shape index (κ2) is 11.4. The van der Waals surface area contributed by atoms with Crippen LogP contribution < -0.4 is 14.8 Å². The number of non-ortho nitro benzene ring substituents is 1. The van der Waals surface area contributed by atoms with E-state index >= 15 is 0 Å². The molecule has 9 nitrogen and oxygen atoms in total. The Morgan fingerprint density at radius 1 is 1.00 bits per heavy atom. The van der Waals surface area contributed by atoms with Crippen LogP contribution in [0.25, 0.3) is 21.8 Å². The fourth-order valence-electron chi connectivity index (χ4n) is 3.89. The van der Waals surface area contributed by atoms with Gasteiger partial charge < -0.3 is 10.1 Å². The predicted molar refractivity (Wildman–Crippen MR) is 146 cm³/mol. The molecule has 1 heterocycles. The summed E-state index contributed by atoms with van der Waals surface area (Å²) in [6.45, 7) is 2.02. The van der Waals surface area contributed by atoms with E-state index < -0.39 is 14.9 Å². The maximum absolute atomic E-state index is 12.4. The van der Waals surface area contributed by atoms with E-state index in [-0.39, 0.29) is 23.8 Å². The molecule has 0 radical (unpaired) electrons. The van der Waals surface area contributed by atoms with Crippen LogP contribution in [0.15, 0.2) is 60.7 Å². The summed E-state index contributed by atoms with van der Waals surface area (Å²) in [5.74, 6) is 0.499. The van der Waals surface area contributed by atoms with E-state index in [2.05, 4.69) is 15.0 Å². The minimum absolute atomic E-state index is 0. The average molecular weight is 531 g/mol. The molecule has 0 saturated carbocycles. The fraction of sp³-hybridized carbons (Fsp3) is 0.240. The van der Waals surface area contributed by atoms with Crippen molar-refractivity contribution in [1.82, 2.24) is 4.98 Å². The van der Waals surface area contributed by atoms with Crippen LogP contribution in [0.3, 0.4) is 0 Å². The molecule has 0 spiro atoms. The lowest BCUT2D eigenvalue weighted by molar-refractivity contribution is -0.384. The lowest BCUT2D eigenvalue weighted by atomic mass is 10.1. The molecule has 0 amide bonds. The van der Waals surface area contributed by atoms with Crippen molar-refractivity contribution in [3.63, 3.8) is 0 Å². The quantitative estimate of drug-likeness (QED) is 0.105. The number of unbranched alkanes of at least 4 members (excludes halogenated alkanes) is 2. The molecule has 3 aromatic carbocycles. The molecule has 190 valence electrons. The summed E-state index contributed by atoms with van der Waals surface area (Å²) in [7, 11) is -1.96. The van der Waals surface area contributed by atoms with E-state index in [1.807, 2.05) is 31.2 Å². The van der Waals surface area contributed by atoms with Gasteiger partial charge in [0.05, 0.1) is 45.9 Å². The first kappa shape index (κ1) is 27.0. The number of ether oxygens (including phenoxy) is 1. The van der Waals surface area contributed by atoms with Gasteiger partial charge in [0.2, 0.25) is 10.0 Å². The Kier molecular flexibility index (Phi) is 8.54. The second-order valence-electron chi connectivity index (χ2n) is 8.13. The Morgan fingerprint density at radius 3 is 2.47 bits per heavy atom. The van der Waals surface area contributed by atoms with Crippen molar-refractivity contribution in [2.24, 2.45) is 0 Å². The third-order valence-electron chi connectivity index (χ3n) is 5.63. The van der Waals surface area contributed by atoms with Crippen LogP contribution in [0, 0.1) is 10.1 Å². The van der Waals surface area contributed by atoms with Gasteiger partial charge in [0.25, 0.3) is 5.69 Å². The Balaban J connectivity index is 0.00000361. The number of halogens is 1. The SMILES string of the molecule is CCCCCS(=O)(=O)Nc1ccc(Nc2c3ccccc3nc3cc([N+](=O)[O-])ccc23)c(OC)c1.Cl. The first-order valence-electron chi connectivity index (χ1n) is 11.2. The molecule has 0 fully saturated rings. The number of rotatable bonds is 10. The molecule has 0 aliphatic heterocycles. The number of benzene rings is 3. The molecule has 0 atom stereocenters. The molecule has 0 saturated heterocycles. The van der Waals surface area contributed by atoms with Gasteiger partial charge in [-0.2, -0.15) is 0 Å². The van der Waals surface area contributed by atoms with Crippen molar-refractivity contribution in [3.8, 4) is 5.75 Å². The van der Waals surface area contributed by atoms with Gasteiger partial charge in [-0.1, -0.05) is 38.0 Å². The number of nitro benzene ring substituents is 1. The van der Waals surface area contributed by atoms with Gasteiger partial charge in [-0.3, -0.25) is 14.8 Å². The van der Waals surface area contributed by atoms with Crippen LogP contribution in [-0.2, 0) is 10.0 Å². The minimum Gasteiger partial charge on any atom is -0.494 e. The van der Waals surface area contributed by atoms with Gasteiger partial charge in [0.15, 0.2) is 0 Å². The lowest BCUT2D eigenvalue weighted by Gasteiger charge is -2.17. The van der Waals surface area contributed by atoms with Gasteiger partial charge in [-0.15, -0.1) is 12.4 Å². The van der Waals surface area contributed by atoms with Crippen molar-refractivity contribution in [2.45, 2.75) is 26.2 Å². The highest BCUT2D eigenvalue weighted by Crippen LogP contribution is 2.38. The summed E-state index contributed by atoms with van der Waals surface area (Å²) >= 11 is 0. The largest absolute Gasteiger partial charge is 0.494 e. The number of pyridine rings is 1. The monoisotopic (exact) mass is 530 g/mol. The number of fused-ring (bicyclic) bond motifs is 2. The second-order valence-corrected chi connectivity index (χ2v) is 9.97. The molecule has 0 aliphatic rings. The van der Waals surface area contributed by atoms with E-state index in [9.17, 15) is 18.5 Å². The summed E-state index contributed by atoms with van der Waals surface area (Å²) in [5.41, 5.74) is 2.85. The van der Waals surface area contributed by atoms with E-state index in [1.165, 1.54) is 19.2 Å². The highest BCUT2D eigenvalue weighted by atomic mass is 35.5. The van der Waals surface area contributed by atoms with Crippen LogP contribution in [0.1, 0.15) is 26.2 Å². The van der Waals surface area contributed by atoms with E-state index in [4.69, 9.17) is 4.74 Å². The fourth-order valence-corrected chi connectivity index (χ4v) is 5.07. The molecule has 0 bridgehead atoms. The zero-order chi connectivity index (χ0) is 25.0. The summed E-state index contributed by atoms with van der Waals surface area (Å²) in [4.78, 5) is 15.4. The van der Waals surface area contributed by atoms with Gasteiger partial charge in [0, 0.05) is 29.0 Å². The van der Waals surface area contributed by atoms with Crippen LogP contribution in [-0.4, -0.2) is 31.2 Å². The zero-order valence-corrected chi connectivity index (χ0v) is 21.5. The number of anilines is 3. The van der Waals surface area contributed by atoms with Crippen molar-refractivity contribution in [2.75, 3.05) is 22.9 Å². The summed E-state index contributed by atoms with van der Waals surface area (Å²) < 4.78 is 32.9. The van der Waals surface area contributed by atoms with Crippen LogP contribution >= 0.6 is 12.4 Å². The highest BCUT2D eigenvalue weighted by molar-refractivity contribution is 7.92. The summed E-state index contributed by atoms with van der Waals surface area (Å²) in [5, 5.41) is 16.2. The number of hydrogen-bond acceptors (Lipinski definition) is 7. The number of sulfonamides is 1. The van der Waals surface area contributed by atoms with Crippen LogP contribution in [0.4, 0.5) is 22.7 Å². The number of para-hydroxylation sites is 1. The third-order valence-corrected chi connectivity index (χ3v) is 7.00. The molecular formula is C25H27ClN4O5S. The van der Waals surface area contributed by atoms with Gasteiger partial charge >= 0.3 is 0 Å². The van der Waals surface area contributed by atoms with Crippen molar-refractivity contribution in [3.05, 3.63) is 70.8 Å². The maximum Gasteiger partial charge on any atom is 0.271 e. The normalized spacial score (nSPS) is 11.2. The molecule has 11 heteroatoms. The molecular weight excluding hydrogens is 504 g/mol. The topological polar surface area (TPSA) is 123 Å². The van der Waals surface area contributed by atoms with Gasteiger partial charge in [-0.25, -0.2) is 13.4 Å². The smallest absolute Gasteiger partial charge is 0.271 e. The first-order valence-corrected chi connectivity index (χ1v) is 12.9. The highest BCUT2D eigenvalue weighted by Gasteiger charge is 2.16.